The molecule has 0 bridgehead atoms. The number of carbonyl (C=O) groups is 1. The number of ether oxygens (including phenoxy) is 2. The minimum absolute atomic E-state index is 0.0169. The van der Waals surface area contributed by atoms with Gasteiger partial charge >= 0.3 is 0 Å². The van der Waals surface area contributed by atoms with Gasteiger partial charge in [0.25, 0.3) is 11.6 Å². The standard InChI is InChI=1S/C21H25N3O5/c1-4-29-20-13-17(18(24(26)27)14-19(20)28-3)21(25)23-10-8-22(9-11-23)16-7-5-6-15(2)12-16/h5-7,12-14H,4,8-11H2,1-3H3. The lowest BCUT2D eigenvalue weighted by Gasteiger charge is -2.36. The predicted octanol–water partition coefficient (Wildman–Crippen LogP) is 3.27. The number of nitro benzene ring substituents is 1. The second-order valence-electron chi connectivity index (χ2n) is 6.83. The summed E-state index contributed by atoms with van der Waals surface area (Å²) in [4.78, 5) is 27.9. The van der Waals surface area contributed by atoms with E-state index in [0.29, 0.717) is 38.5 Å². The van der Waals surface area contributed by atoms with E-state index in [1.807, 2.05) is 25.1 Å². The van der Waals surface area contributed by atoms with Crippen molar-refractivity contribution in [2.45, 2.75) is 13.8 Å². The first-order valence-corrected chi connectivity index (χ1v) is 9.54. The lowest BCUT2D eigenvalue weighted by atomic mass is 10.1. The van der Waals surface area contributed by atoms with Crippen molar-refractivity contribution >= 4 is 17.3 Å². The van der Waals surface area contributed by atoms with Gasteiger partial charge in [-0.15, -0.1) is 0 Å². The highest BCUT2D eigenvalue weighted by Crippen LogP contribution is 2.35. The highest BCUT2D eigenvalue weighted by Gasteiger charge is 2.30. The third kappa shape index (κ3) is 4.42. The van der Waals surface area contributed by atoms with Crippen LogP contribution in [-0.4, -0.2) is 55.6 Å². The molecule has 8 heteroatoms. The minimum Gasteiger partial charge on any atom is -0.493 e. The molecule has 1 fully saturated rings. The van der Waals surface area contributed by atoms with Crippen molar-refractivity contribution in [2.24, 2.45) is 0 Å². The summed E-state index contributed by atoms with van der Waals surface area (Å²) in [6.07, 6.45) is 0. The molecule has 0 atom stereocenters. The summed E-state index contributed by atoms with van der Waals surface area (Å²) in [7, 11) is 1.41. The van der Waals surface area contributed by atoms with Crippen LogP contribution in [-0.2, 0) is 0 Å². The van der Waals surface area contributed by atoms with Crippen LogP contribution in [0.3, 0.4) is 0 Å². The van der Waals surface area contributed by atoms with Gasteiger partial charge in [0.05, 0.1) is 24.7 Å². The summed E-state index contributed by atoms with van der Waals surface area (Å²) in [5.74, 6) is 0.186. The van der Waals surface area contributed by atoms with Crippen LogP contribution in [0, 0.1) is 17.0 Å². The molecule has 3 rings (SSSR count). The predicted molar refractivity (Wildman–Crippen MR) is 110 cm³/mol. The fraction of sp³-hybridized carbons (Fsp3) is 0.381. The van der Waals surface area contributed by atoms with E-state index in [1.165, 1.54) is 24.8 Å². The number of nitro groups is 1. The van der Waals surface area contributed by atoms with Crippen LogP contribution in [0.1, 0.15) is 22.8 Å². The number of aryl methyl sites for hydroxylation is 1. The van der Waals surface area contributed by atoms with Gasteiger partial charge in [-0.2, -0.15) is 0 Å². The number of hydrogen-bond acceptors (Lipinski definition) is 6. The molecule has 2 aromatic rings. The summed E-state index contributed by atoms with van der Waals surface area (Å²) in [5.41, 5.74) is 2.03. The Hall–Kier alpha value is -3.29. The van der Waals surface area contributed by atoms with Gasteiger partial charge in [-0.25, -0.2) is 0 Å². The zero-order chi connectivity index (χ0) is 21.0. The maximum Gasteiger partial charge on any atom is 0.286 e. The van der Waals surface area contributed by atoms with Crippen LogP contribution in [0.5, 0.6) is 11.5 Å². The first kappa shape index (κ1) is 20.4. The van der Waals surface area contributed by atoms with Crippen LogP contribution in [0.2, 0.25) is 0 Å². The molecular weight excluding hydrogens is 374 g/mol. The topological polar surface area (TPSA) is 85.2 Å². The van der Waals surface area contributed by atoms with Gasteiger partial charge in [0.2, 0.25) is 0 Å². The molecule has 2 aromatic carbocycles. The van der Waals surface area contributed by atoms with Crippen molar-refractivity contribution in [3.05, 3.63) is 57.6 Å². The number of methoxy groups -OCH3 is 1. The second-order valence-corrected chi connectivity index (χ2v) is 6.83. The number of benzene rings is 2. The van der Waals surface area contributed by atoms with E-state index in [-0.39, 0.29) is 22.9 Å². The molecule has 29 heavy (non-hydrogen) atoms. The number of nitrogens with zero attached hydrogens (tertiary/aromatic N) is 3. The van der Waals surface area contributed by atoms with E-state index in [1.54, 1.807) is 11.8 Å². The second kappa shape index (κ2) is 8.81. The lowest BCUT2D eigenvalue weighted by molar-refractivity contribution is -0.385. The maximum absolute atomic E-state index is 13.1. The quantitative estimate of drug-likeness (QED) is 0.547. The normalized spacial score (nSPS) is 13.9. The molecule has 0 aromatic heterocycles. The van der Waals surface area contributed by atoms with Crippen LogP contribution < -0.4 is 14.4 Å². The average molecular weight is 399 g/mol. The number of hydrogen-bond donors (Lipinski definition) is 0. The number of amides is 1. The van der Waals surface area contributed by atoms with Gasteiger partial charge in [0, 0.05) is 37.9 Å². The molecule has 1 aliphatic rings. The van der Waals surface area contributed by atoms with Crippen LogP contribution in [0.25, 0.3) is 0 Å². The summed E-state index contributed by atoms with van der Waals surface area (Å²) >= 11 is 0. The molecule has 8 nitrogen and oxygen atoms in total. The Morgan fingerprint density at radius 2 is 1.86 bits per heavy atom. The van der Waals surface area contributed by atoms with Crippen LogP contribution in [0.15, 0.2) is 36.4 Å². The third-order valence-electron chi connectivity index (χ3n) is 4.94. The summed E-state index contributed by atoms with van der Waals surface area (Å²) < 4.78 is 10.7. The lowest BCUT2D eigenvalue weighted by Crippen LogP contribution is -2.48. The Morgan fingerprint density at radius 1 is 1.14 bits per heavy atom. The van der Waals surface area contributed by atoms with E-state index >= 15 is 0 Å². The van der Waals surface area contributed by atoms with E-state index in [2.05, 4.69) is 11.0 Å². The van der Waals surface area contributed by atoms with Gasteiger partial charge in [-0.3, -0.25) is 14.9 Å². The number of anilines is 1. The van der Waals surface area contributed by atoms with Crippen molar-refractivity contribution < 1.29 is 19.2 Å². The van der Waals surface area contributed by atoms with Crippen molar-refractivity contribution in [1.82, 2.24) is 4.90 Å². The third-order valence-corrected chi connectivity index (χ3v) is 4.94. The van der Waals surface area contributed by atoms with E-state index < -0.39 is 4.92 Å². The molecule has 1 aliphatic heterocycles. The van der Waals surface area contributed by atoms with Crippen molar-refractivity contribution in [3.63, 3.8) is 0 Å². The maximum atomic E-state index is 13.1. The highest BCUT2D eigenvalue weighted by atomic mass is 16.6. The zero-order valence-electron chi connectivity index (χ0n) is 16.9. The minimum atomic E-state index is -0.561. The smallest absolute Gasteiger partial charge is 0.286 e. The Bertz CT molecular complexity index is 907. The van der Waals surface area contributed by atoms with Gasteiger partial charge in [0.1, 0.15) is 5.56 Å². The van der Waals surface area contributed by atoms with Gasteiger partial charge in [-0.1, -0.05) is 12.1 Å². The van der Waals surface area contributed by atoms with Gasteiger partial charge in [0.15, 0.2) is 11.5 Å². The van der Waals surface area contributed by atoms with Crippen LogP contribution >= 0.6 is 0 Å². The first-order valence-electron chi connectivity index (χ1n) is 9.54. The summed E-state index contributed by atoms with van der Waals surface area (Å²) in [5, 5.41) is 11.5. The Morgan fingerprint density at radius 3 is 2.45 bits per heavy atom. The average Bonchev–Trinajstić information content (AvgIpc) is 2.73. The van der Waals surface area contributed by atoms with Crippen molar-refractivity contribution in [2.75, 3.05) is 44.8 Å². The fourth-order valence-electron chi connectivity index (χ4n) is 3.46. The molecule has 0 radical (unpaired) electrons. The molecule has 1 amide bonds. The van der Waals surface area contributed by atoms with E-state index in [0.717, 1.165) is 5.69 Å². The van der Waals surface area contributed by atoms with E-state index in [4.69, 9.17) is 9.47 Å². The van der Waals surface area contributed by atoms with Crippen molar-refractivity contribution in [3.8, 4) is 11.5 Å². The molecule has 1 saturated heterocycles. The number of carbonyl (C=O) groups excluding carboxylic acids is 1. The molecular formula is C21H25N3O5. The molecule has 0 spiro atoms. The monoisotopic (exact) mass is 399 g/mol. The SMILES string of the molecule is CCOc1cc(C(=O)N2CCN(c3cccc(C)c3)CC2)c([N+](=O)[O-])cc1OC. The molecule has 1 heterocycles. The Kier molecular flexibility index (Phi) is 6.21. The van der Waals surface area contributed by atoms with Crippen molar-refractivity contribution in [1.29, 1.82) is 0 Å². The molecule has 0 unspecified atom stereocenters. The highest BCUT2D eigenvalue weighted by molar-refractivity contribution is 5.99. The zero-order valence-corrected chi connectivity index (χ0v) is 16.9. The largest absolute Gasteiger partial charge is 0.493 e. The molecule has 0 N–H and O–H groups in total. The first-order chi connectivity index (χ1) is 13.9. The van der Waals surface area contributed by atoms with Gasteiger partial charge < -0.3 is 19.3 Å². The number of piperazine rings is 1. The fourth-order valence-corrected chi connectivity index (χ4v) is 3.46. The van der Waals surface area contributed by atoms with Gasteiger partial charge in [-0.05, 0) is 31.5 Å². The number of rotatable bonds is 6. The Labute approximate surface area is 169 Å². The summed E-state index contributed by atoms with van der Waals surface area (Å²) in [6, 6.07) is 10.9. The molecule has 0 saturated carbocycles. The Balaban J connectivity index is 1.81. The summed E-state index contributed by atoms with van der Waals surface area (Å²) in [6.45, 7) is 6.50. The molecule has 154 valence electrons. The van der Waals surface area contributed by atoms with Crippen LogP contribution in [0.4, 0.5) is 11.4 Å². The van der Waals surface area contributed by atoms with E-state index in [9.17, 15) is 14.9 Å². The molecule has 0 aliphatic carbocycles.